The Kier molecular flexibility index (Phi) is 6.75. The third kappa shape index (κ3) is 4.98. The Balaban J connectivity index is 1.45. The van der Waals surface area contributed by atoms with Gasteiger partial charge in [0.15, 0.2) is 11.5 Å². The number of hydroxylamine groups is 1. The number of likely N-dealkylation sites (N-methyl/N-ethyl adjacent to an activating group) is 1. The zero-order chi connectivity index (χ0) is 25.1. The van der Waals surface area contributed by atoms with E-state index in [0.29, 0.717) is 30.9 Å². The van der Waals surface area contributed by atoms with Crippen LogP contribution in [0.2, 0.25) is 0 Å². The van der Waals surface area contributed by atoms with E-state index < -0.39 is 5.91 Å². The lowest BCUT2D eigenvalue weighted by Gasteiger charge is -2.36. The van der Waals surface area contributed by atoms with Gasteiger partial charge in [0, 0.05) is 37.4 Å². The fourth-order valence-corrected chi connectivity index (χ4v) is 4.38. The number of benzene rings is 3. The molecule has 3 aromatic carbocycles. The molecule has 3 amide bonds. The summed E-state index contributed by atoms with van der Waals surface area (Å²) in [6, 6.07) is 20.4. The Hall–Kier alpha value is -4.08. The number of fused-ring (bicyclic) bond motifs is 1. The number of piperazine rings is 1. The molecule has 2 N–H and O–H groups in total. The van der Waals surface area contributed by atoms with Crippen LogP contribution in [0.25, 0.3) is 11.1 Å². The smallest absolute Gasteiger partial charge is 0.324 e. The van der Waals surface area contributed by atoms with E-state index in [9.17, 15) is 9.59 Å². The molecule has 0 bridgehead atoms. The fraction of sp³-hybridized carbons (Fsp3) is 0.259. The number of carbonyl (C=O) groups is 2. The summed E-state index contributed by atoms with van der Waals surface area (Å²) in [6.45, 7) is 3.50. The number of carbonyl (C=O) groups excluding carboxylic acids is 2. The molecule has 186 valence electrons. The summed E-state index contributed by atoms with van der Waals surface area (Å²) in [6.07, 6.45) is 0. The van der Waals surface area contributed by atoms with Gasteiger partial charge in [0.2, 0.25) is 6.79 Å². The molecule has 1 fully saturated rings. The molecular formula is C27H28N4O5. The predicted molar refractivity (Wildman–Crippen MR) is 134 cm³/mol. The number of urea groups is 1. The van der Waals surface area contributed by atoms with Crippen molar-refractivity contribution in [2.24, 2.45) is 0 Å². The zero-order valence-electron chi connectivity index (χ0n) is 20.0. The van der Waals surface area contributed by atoms with Gasteiger partial charge in [-0.15, -0.1) is 0 Å². The van der Waals surface area contributed by atoms with Crippen molar-refractivity contribution in [1.82, 2.24) is 15.3 Å². The van der Waals surface area contributed by atoms with Crippen molar-refractivity contribution in [3.8, 4) is 22.6 Å². The van der Waals surface area contributed by atoms with Gasteiger partial charge in [-0.3, -0.25) is 14.9 Å². The van der Waals surface area contributed by atoms with Crippen molar-refractivity contribution in [2.45, 2.75) is 6.54 Å². The van der Waals surface area contributed by atoms with Crippen molar-refractivity contribution in [1.29, 1.82) is 0 Å². The lowest BCUT2D eigenvalue weighted by molar-refractivity contribution is 0.0706. The SMILES string of the molecule is CN1CCN(C(=O)N(Cc2ccc(C(=O)NO)cc2)c2cccc(-c3ccc4c(c3)OCO4)c2)CC1. The van der Waals surface area contributed by atoms with Crippen LogP contribution < -0.4 is 19.9 Å². The molecule has 0 unspecified atom stereocenters. The topological polar surface area (TPSA) is 94.6 Å². The van der Waals surface area contributed by atoms with Crippen molar-refractivity contribution < 1.29 is 24.3 Å². The first-order chi connectivity index (χ1) is 17.5. The molecule has 0 radical (unpaired) electrons. The fourth-order valence-electron chi connectivity index (χ4n) is 4.38. The van der Waals surface area contributed by atoms with E-state index in [1.54, 1.807) is 34.6 Å². The van der Waals surface area contributed by atoms with Crippen molar-refractivity contribution in [3.63, 3.8) is 0 Å². The summed E-state index contributed by atoms with van der Waals surface area (Å²) in [4.78, 5) is 31.3. The molecular weight excluding hydrogens is 460 g/mol. The summed E-state index contributed by atoms with van der Waals surface area (Å²) in [5, 5.41) is 8.88. The summed E-state index contributed by atoms with van der Waals surface area (Å²) >= 11 is 0. The Morgan fingerprint density at radius 1 is 0.917 bits per heavy atom. The largest absolute Gasteiger partial charge is 0.454 e. The average molecular weight is 489 g/mol. The third-order valence-corrected chi connectivity index (χ3v) is 6.53. The van der Waals surface area contributed by atoms with Gasteiger partial charge in [0.25, 0.3) is 5.91 Å². The number of nitrogens with one attached hydrogen (secondary N) is 1. The maximum Gasteiger partial charge on any atom is 0.324 e. The van der Waals surface area contributed by atoms with Gasteiger partial charge in [-0.2, -0.15) is 0 Å². The molecule has 9 nitrogen and oxygen atoms in total. The van der Waals surface area contributed by atoms with Gasteiger partial charge in [-0.05, 0) is 60.1 Å². The summed E-state index contributed by atoms with van der Waals surface area (Å²) < 4.78 is 11.0. The van der Waals surface area contributed by atoms with E-state index in [-0.39, 0.29) is 12.8 Å². The van der Waals surface area contributed by atoms with Crippen LogP contribution in [0.1, 0.15) is 15.9 Å². The molecule has 0 aromatic heterocycles. The Morgan fingerprint density at radius 3 is 2.39 bits per heavy atom. The van der Waals surface area contributed by atoms with E-state index in [4.69, 9.17) is 14.7 Å². The maximum absolute atomic E-state index is 13.7. The van der Waals surface area contributed by atoms with Gasteiger partial charge in [-0.25, -0.2) is 10.3 Å². The van der Waals surface area contributed by atoms with Crippen molar-refractivity contribution >= 4 is 17.6 Å². The van der Waals surface area contributed by atoms with E-state index in [1.165, 1.54) is 0 Å². The molecule has 9 heteroatoms. The van der Waals surface area contributed by atoms with Crippen molar-refractivity contribution in [3.05, 3.63) is 77.9 Å². The highest BCUT2D eigenvalue weighted by molar-refractivity contribution is 5.94. The number of hydrogen-bond donors (Lipinski definition) is 2. The molecule has 2 heterocycles. The van der Waals surface area contributed by atoms with Crippen LogP contribution in [0.4, 0.5) is 10.5 Å². The molecule has 3 aromatic rings. The van der Waals surface area contributed by atoms with Gasteiger partial charge in [-0.1, -0.05) is 30.3 Å². The highest BCUT2D eigenvalue weighted by Gasteiger charge is 2.26. The lowest BCUT2D eigenvalue weighted by atomic mass is 10.0. The van der Waals surface area contributed by atoms with E-state index in [0.717, 1.165) is 41.2 Å². The van der Waals surface area contributed by atoms with Gasteiger partial charge < -0.3 is 19.3 Å². The number of anilines is 1. The van der Waals surface area contributed by atoms with Crippen LogP contribution in [0.15, 0.2) is 66.7 Å². The van der Waals surface area contributed by atoms with Gasteiger partial charge in [0.05, 0.1) is 6.54 Å². The standard InChI is InChI=1S/C27H28N4O5/c1-29-11-13-30(14-12-29)27(33)31(17-19-5-7-20(8-6-19)26(32)28-34)23-4-2-3-21(15-23)22-9-10-24-25(16-22)36-18-35-24/h2-10,15-16,34H,11-14,17-18H2,1H3,(H,28,32). The minimum atomic E-state index is -0.580. The normalized spacial score (nSPS) is 15.0. The van der Waals surface area contributed by atoms with Crippen LogP contribution in [0.3, 0.4) is 0 Å². The molecule has 0 saturated carbocycles. The Bertz CT molecular complexity index is 1260. The molecule has 2 aliphatic rings. The van der Waals surface area contributed by atoms with Crippen LogP contribution in [-0.4, -0.2) is 67.0 Å². The number of ether oxygens (including phenoxy) is 2. The monoisotopic (exact) mass is 488 g/mol. The van der Waals surface area contributed by atoms with E-state index in [2.05, 4.69) is 11.9 Å². The minimum absolute atomic E-state index is 0.0666. The second-order valence-electron chi connectivity index (χ2n) is 8.92. The number of nitrogens with zero attached hydrogens (tertiary/aromatic N) is 3. The van der Waals surface area contributed by atoms with E-state index >= 15 is 0 Å². The zero-order valence-corrected chi connectivity index (χ0v) is 20.0. The molecule has 36 heavy (non-hydrogen) atoms. The molecule has 2 aliphatic heterocycles. The highest BCUT2D eigenvalue weighted by atomic mass is 16.7. The van der Waals surface area contributed by atoms with Crippen LogP contribution in [0.5, 0.6) is 11.5 Å². The Morgan fingerprint density at radius 2 is 1.64 bits per heavy atom. The Labute approximate surface area is 209 Å². The summed E-state index contributed by atoms with van der Waals surface area (Å²) in [5.74, 6) is 0.846. The highest BCUT2D eigenvalue weighted by Crippen LogP contribution is 2.37. The van der Waals surface area contributed by atoms with Crippen molar-refractivity contribution in [2.75, 3.05) is 44.9 Å². The molecule has 0 atom stereocenters. The molecule has 0 spiro atoms. The molecule has 0 aliphatic carbocycles. The first kappa shape index (κ1) is 23.7. The number of rotatable bonds is 5. The number of hydrogen-bond acceptors (Lipinski definition) is 6. The van der Waals surface area contributed by atoms with E-state index in [1.807, 2.05) is 47.4 Å². The maximum atomic E-state index is 13.7. The quantitative estimate of drug-likeness (QED) is 0.421. The average Bonchev–Trinajstić information content (AvgIpc) is 3.40. The van der Waals surface area contributed by atoms with Crippen LogP contribution in [0, 0.1) is 0 Å². The first-order valence-electron chi connectivity index (χ1n) is 11.8. The third-order valence-electron chi connectivity index (χ3n) is 6.53. The predicted octanol–water partition coefficient (Wildman–Crippen LogP) is 3.58. The summed E-state index contributed by atoms with van der Waals surface area (Å²) in [5.41, 5.74) is 5.53. The minimum Gasteiger partial charge on any atom is -0.454 e. The van der Waals surface area contributed by atoms with Gasteiger partial charge >= 0.3 is 6.03 Å². The molecule has 5 rings (SSSR count). The lowest BCUT2D eigenvalue weighted by Crippen LogP contribution is -2.51. The summed E-state index contributed by atoms with van der Waals surface area (Å²) in [7, 11) is 2.05. The second-order valence-corrected chi connectivity index (χ2v) is 8.92. The van der Waals surface area contributed by atoms with Gasteiger partial charge in [0.1, 0.15) is 0 Å². The van der Waals surface area contributed by atoms with Crippen LogP contribution >= 0.6 is 0 Å². The second kappa shape index (κ2) is 10.3. The van der Waals surface area contributed by atoms with Crippen LogP contribution in [-0.2, 0) is 6.54 Å². The molecule has 1 saturated heterocycles. The number of amides is 3. The first-order valence-corrected chi connectivity index (χ1v) is 11.8.